The molecule has 0 saturated carbocycles. The van der Waals surface area contributed by atoms with Crippen molar-refractivity contribution in [2.24, 2.45) is 0 Å². The summed E-state index contributed by atoms with van der Waals surface area (Å²) in [5, 5.41) is 2.24. The molecule has 1 aromatic rings. The molecule has 1 heterocycles. The number of alkyl halides is 3. The van der Waals surface area contributed by atoms with E-state index >= 15 is 0 Å². The molecule has 0 amide bonds. The van der Waals surface area contributed by atoms with Gasteiger partial charge in [-0.15, -0.1) is 0 Å². The van der Waals surface area contributed by atoms with Crippen LogP contribution in [0.5, 0.6) is 0 Å². The van der Waals surface area contributed by atoms with Gasteiger partial charge in [-0.25, -0.2) is 0 Å². The molecule has 0 aliphatic carbocycles. The Morgan fingerprint density at radius 1 is 1.47 bits per heavy atom. The molecule has 0 unspecified atom stereocenters. The van der Waals surface area contributed by atoms with E-state index < -0.39 is 11.9 Å². The number of hydrogen-bond acceptors (Lipinski definition) is 2. The summed E-state index contributed by atoms with van der Waals surface area (Å²) in [5.41, 5.74) is -0.800. The molecule has 0 radical (unpaired) electrons. The van der Waals surface area contributed by atoms with E-state index in [0.29, 0.717) is 13.1 Å². The third-order valence-corrected chi connectivity index (χ3v) is 2.20. The zero-order chi connectivity index (χ0) is 11.6. The van der Waals surface area contributed by atoms with E-state index in [2.05, 4.69) is 5.10 Å². The number of nitrogens with one attached hydrogen (secondary N) is 1. The average molecular weight is 239 g/mol. The highest BCUT2D eigenvalue weighted by atomic mass is 32.1. The third kappa shape index (κ3) is 3.35. The summed E-state index contributed by atoms with van der Waals surface area (Å²) < 4.78 is 38.3. The van der Waals surface area contributed by atoms with Crippen LogP contribution >= 0.6 is 12.2 Å². The Kier molecular flexibility index (Phi) is 3.56. The minimum atomic E-state index is -4.36. The van der Waals surface area contributed by atoms with Crippen molar-refractivity contribution in [3.8, 4) is 0 Å². The average Bonchev–Trinajstić information content (AvgIpc) is 2.42. The van der Waals surface area contributed by atoms with Gasteiger partial charge in [0.15, 0.2) is 0 Å². The van der Waals surface area contributed by atoms with E-state index in [0.717, 1.165) is 6.07 Å². The molecule has 1 aromatic heterocycles. The molecule has 0 bridgehead atoms. The summed E-state index contributed by atoms with van der Waals surface area (Å²) in [5.74, 6) is 0. The van der Waals surface area contributed by atoms with Crippen LogP contribution in [0.1, 0.15) is 5.69 Å². The van der Waals surface area contributed by atoms with Gasteiger partial charge < -0.3 is 4.90 Å². The summed E-state index contributed by atoms with van der Waals surface area (Å²) in [7, 11) is 3.69. The van der Waals surface area contributed by atoms with Crippen molar-refractivity contribution in [1.29, 1.82) is 0 Å². The Balaban J connectivity index is 2.83. The Labute approximate surface area is 90.5 Å². The zero-order valence-corrected chi connectivity index (χ0v) is 9.24. The van der Waals surface area contributed by atoms with Crippen LogP contribution in [0, 0.1) is 4.64 Å². The van der Waals surface area contributed by atoms with Crippen molar-refractivity contribution in [2.75, 3.05) is 20.6 Å². The maximum absolute atomic E-state index is 12.3. The van der Waals surface area contributed by atoms with Crippen LogP contribution in [-0.2, 0) is 12.7 Å². The number of likely N-dealkylation sites (N-methyl/N-ethyl adjacent to an activating group) is 1. The normalized spacial score (nSPS) is 12.4. The van der Waals surface area contributed by atoms with E-state index in [9.17, 15) is 13.2 Å². The van der Waals surface area contributed by atoms with Crippen LogP contribution in [0.15, 0.2) is 6.07 Å². The molecule has 0 saturated heterocycles. The summed E-state index contributed by atoms with van der Waals surface area (Å²) >= 11 is 4.81. The molecule has 86 valence electrons. The second kappa shape index (κ2) is 4.36. The third-order valence-electron chi connectivity index (χ3n) is 1.87. The molecular weight excluding hydrogens is 227 g/mol. The highest BCUT2D eigenvalue weighted by Crippen LogP contribution is 2.27. The fraction of sp³-hybridized carbons (Fsp3) is 0.625. The monoisotopic (exact) mass is 239 g/mol. The van der Waals surface area contributed by atoms with E-state index in [4.69, 9.17) is 12.2 Å². The van der Waals surface area contributed by atoms with Crippen LogP contribution in [0.4, 0.5) is 13.2 Å². The first-order valence-corrected chi connectivity index (χ1v) is 4.73. The SMILES string of the molecule is CN(C)CCn1[nH]c(C(F)(F)F)cc1=S. The van der Waals surface area contributed by atoms with Gasteiger partial charge in [0, 0.05) is 12.6 Å². The number of hydrogen-bond donors (Lipinski definition) is 1. The van der Waals surface area contributed by atoms with Crippen LogP contribution in [0.25, 0.3) is 0 Å². The molecule has 15 heavy (non-hydrogen) atoms. The fourth-order valence-corrected chi connectivity index (χ4v) is 1.30. The molecule has 0 atom stereocenters. The van der Waals surface area contributed by atoms with Crippen molar-refractivity contribution in [3.63, 3.8) is 0 Å². The fourth-order valence-electron chi connectivity index (χ4n) is 1.05. The van der Waals surface area contributed by atoms with Gasteiger partial charge in [-0.05, 0) is 14.1 Å². The molecule has 0 fully saturated rings. The maximum Gasteiger partial charge on any atom is 0.432 e. The topological polar surface area (TPSA) is 24.0 Å². The highest BCUT2D eigenvalue weighted by molar-refractivity contribution is 7.71. The number of halogens is 3. The number of rotatable bonds is 3. The number of nitrogens with zero attached hydrogens (tertiary/aromatic N) is 2. The van der Waals surface area contributed by atoms with Gasteiger partial charge in [0.1, 0.15) is 10.3 Å². The lowest BCUT2D eigenvalue weighted by Crippen LogP contribution is -2.19. The predicted molar refractivity (Wildman–Crippen MR) is 53.2 cm³/mol. The summed E-state index contributed by atoms with van der Waals surface area (Å²) in [6, 6.07) is 0.936. The van der Waals surface area contributed by atoms with Crippen molar-refractivity contribution in [2.45, 2.75) is 12.7 Å². The van der Waals surface area contributed by atoms with E-state index in [-0.39, 0.29) is 4.64 Å². The van der Waals surface area contributed by atoms with Gasteiger partial charge >= 0.3 is 6.18 Å². The van der Waals surface area contributed by atoms with Gasteiger partial charge in [-0.2, -0.15) is 13.2 Å². The lowest BCUT2D eigenvalue weighted by molar-refractivity contribution is -0.141. The minimum absolute atomic E-state index is 0.171. The van der Waals surface area contributed by atoms with Crippen LogP contribution in [0.3, 0.4) is 0 Å². The van der Waals surface area contributed by atoms with E-state index in [1.165, 1.54) is 4.68 Å². The van der Waals surface area contributed by atoms with Crippen LogP contribution in [0.2, 0.25) is 0 Å². The quantitative estimate of drug-likeness (QED) is 0.817. The Bertz CT molecular complexity index is 377. The smallest absolute Gasteiger partial charge is 0.308 e. The first-order valence-electron chi connectivity index (χ1n) is 4.32. The second-order valence-corrected chi connectivity index (χ2v) is 3.88. The lowest BCUT2D eigenvalue weighted by Gasteiger charge is -2.10. The molecule has 0 aliphatic rings. The van der Waals surface area contributed by atoms with Crippen molar-refractivity contribution in [3.05, 3.63) is 16.4 Å². The first kappa shape index (κ1) is 12.3. The molecule has 1 rings (SSSR count). The molecular formula is C8H12F3N3S. The Morgan fingerprint density at radius 3 is 2.47 bits per heavy atom. The molecule has 0 aromatic carbocycles. The van der Waals surface area contributed by atoms with Crippen molar-refractivity contribution < 1.29 is 13.2 Å². The summed E-state index contributed by atoms with van der Waals surface area (Å²) in [6.45, 7) is 1.05. The van der Waals surface area contributed by atoms with Crippen LogP contribution < -0.4 is 0 Å². The number of aromatic amines is 1. The second-order valence-electron chi connectivity index (χ2n) is 3.46. The summed E-state index contributed by atoms with van der Waals surface area (Å²) in [6.07, 6.45) is -4.36. The van der Waals surface area contributed by atoms with Gasteiger partial charge in [0.05, 0.1) is 6.54 Å². The number of H-pyrrole nitrogens is 1. The van der Waals surface area contributed by atoms with E-state index in [1.807, 2.05) is 19.0 Å². The van der Waals surface area contributed by atoms with Gasteiger partial charge in [0.25, 0.3) is 0 Å². The maximum atomic E-state index is 12.3. The van der Waals surface area contributed by atoms with Crippen molar-refractivity contribution in [1.82, 2.24) is 14.7 Å². The van der Waals surface area contributed by atoms with Gasteiger partial charge in [0.2, 0.25) is 0 Å². The molecule has 0 spiro atoms. The first-order chi connectivity index (χ1) is 6.80. The molecule has 1 N–H and O–H groups in total. The van der Waals surface area contributed by atoms with Crippen LogP contribution in [-0.4, -0.2) is 35.3 Å². The Hall–Kier alpha value is -0.820. The zero-order valence-electron chi connectivity index (χ0n) is 8.43. The molecule has 3 nitrogen and oxygen atoms in total. The van der Waals surface area contributed by atoms with E-state index in [1.54, 1.807) is 0 Å². The predicted octanol–water partition coefficient (Wildman–Crippen LogP) is 2.13. The lowest BCUT2D eigenvalue weighted by atomic mass is 10.4. The van der Waals surface area contributed by atoms with Gasteiger partial charge in [-0.3, -0.25) is 9.78 Å². The molecule has 7 heteroatoms. The molecule has 0 aliphatic heterocycles. The highest BCUT2D eigenvalue weighted by Gasteiger charge is 2.32. The van der Waals surface area contributed by atoms with Crippen molar-refractivity contribution >= 4 is 12.2 Å². The number of aromatic nitrogens is 2. The van der Waals surface area contributed by atoms with Gasteiger partial charge in [-0.1, -0.05) is 12.2 Å². The largest absolute Gasteiger partial charge is 0.432 e. The minimum Gasteiger partial charge on any atom is -0.308 e. The standard InChI is InChI=1S/C8H12F3N3S/c1-13(2)3-4-14-7(15)5-6(12-14)8(9,10)11/h5,12H,3-4H2,1-2H3. The summed E-state index contributed by atoms with van der Waals surface area (Å²) in [4.78, 5) is 1.87. The Morgan fingerprint density at radius 2 is 2.07 bits per heavy atom.